The standard InChI is InChI=1S/C14H18O6/c1-7-12(17)13(18)10(14(19)20-7)6-11(16)8-2-4-9(15)5-3-8/h2-5,7,10,12-15,17-19H,6H2,1H3/t7-,10-,12+,13-,14?/m0/s1. The van der Waals surface area contributed by atoms with Gasteiger partial charge in [-0.05, 0) is 31.2 Å². The highest BCUT2D eigenvalue weighted by Gasteiger charge is 2.42. The van der Waals surface area contributed by atoms with Crippen LogP contribution in [0.4, 0.5) is 0 Å². The second kappa shape index (κ2) is 5.88. The van der Waals surface area contributed by atoms with E-state index in [1.54, 1.807) is 0 Å². The highest BCUT2D eigenvalue weighted by atomic mass is 16.6. The van der Waals surface area contributed by atoms with Crippen molar-refractivity contribution in [2.45, 2.75) is 37.9 Å². The van der Waals surface area contributed by atoms with Gasteiger partial charge in [-0.1, -0.05) is 0 Å². The van der Waals surface area contributed by atoms with E-state index in [1.807, 2.05) is 0 Å². The first-order valence-electron chi connectivity index (χ1n) is 6.42. The van der Waals surface area contributed by atoms with Crippen molar-refractivity contribution < 1.29 is 30.0 Å². The van der Waals surface area contributed by atoms with Gasteiger partial charge in [0.1, 0.15) is 11.9 Å². The molecule has 1 aliphatic rings. The molecule has 6 nitrogen and oxygen atoms in total. The van der Waals surface area contributed by atoms with Gasteiger partial charge >= 0.3 is 0 Å². The quantitative estimate of drug-likeness (QED) is 0.583. The topological polar surface area (TPSA) is 107 Å². The summed E-state index contributed by atoms with van der Waals surface area (Å²) in [5, 5.41) is 38.6. The largest absolute Gasteiger partial charge is 0.508 e. The zero-order valence-electron chi connectivity index (χ0n) is 11.0. The monoisotopic (exact) mass is 282 g/mol. The molecule has 4 N–H and O–H groups in total. The molecule has 0 radical (unpaired) electrons. The minimum atomic E-state index is -1.30. The van der Waals surface area contributed by atoms with Gasteiger partial charge in [0.05, 0.1) is 12.2 Å². The maximum Gasteiger partial charge on any atom is 0.163 e. The van der Waals surface area contributed by atoms with Crippen molar-refractivity contribution in [3.63, 3.8) is 0 Å². The number of aromatic hydroxyl groups is 1. The molecule has 0 spiro atoms. The third-order valence-electron chi connectivity index (χ3n) is 3.60. The van der Waals surface area contributed by atoms with Gasteiger partial charge in [0.2, 0.25) is 0 Å². The zero-order chi connectivity index (χ0) is 14.9. The molecule has 1 fully saturated rings. The number of hydrogen-bond donors (Lipinski definition) is 4. The van der Waals surface area contributed by atoms with E-state index in [1.165, 1.54) is 31.2 Å². The number of hydrogen-bond acceptors (Lipinski definition) is 6. The molecule has 1 heterocycles. The van der Waals surface area contributed by atoms with Crippen molar-refractivity contribution in [2.75, 3.05) is 0 Å². The number of rotatable bonds is 3. The summed E-state index contributed by atoms with van der Waals surface area (Å²) in [6, 6.07) is 5.68. The molecule has 0 aromatic heterocycles. The fraction of sp³-hybridized carbons (Fsp3) is 0.500. The number of benzene rings is 1. The van der Waals surface area contributed by atoms with E-state index in [0.717, 1.165) is 0 Å². The van der Waals surface area contributed by atoms with Gasteiger partial charge in [0.15, 0.2) is 12.1 Å². The molecule has 1 aliphatic heterocycles. The molecule has 1 unspecified atom stereocenters. The number of aliphatic hydroxyl groups is 3. The Labute approximate surface area is 116 Å². The molecule has 1 aromatic carbocycles. The van der Waals surface area contributed by atoms with Crippen LogP contribution in [0.3, 0.4) is 0 Å². The van der Waals surface area contributed by atoms with E-state index >= 15 is 0 Å². The van der Waals surface area contributed by atoms with Gasteiger partial charge in [-0.3, -0.25) is 4.79 Å². The summed E-state index contributed by atoms with van der Waals surface area (Å²) in [5.74, 6) is -1.15. The Bertz CT molecular complexity index is 471. The van der Waals surface area contributed by atoms with Crippen LogP contribution < -0.4 is 0 Å². The Balaban J connectivity index is 2.08. The summed E-state index contributed by atoms with van der Waals surface area (Å²) >= 11 is 0. The van der Waals surface area contributed by atoms with Crippen molar-refractivity contribution in [2.24, 2.45) is 5.92 Å². The van der Waals surface area contributed by atoms with Gasteiger partial charge in [-0.15, -0.1) is 0 Å². The van der Waals surface area contributed by atoms with E-state index in [0.29, 0.717) is 5.56 Å². The fourth-order valence-corrected chi connectivity index (χ4v) is 2.30. The van der Waals surface area contributed by atoms with Crippen LogP contribution in [0.2, 0.25) is 0 Å². The molecule has 5 atom stereocenters. The Hall–Kier alpha value is -1.47. The molecule has 0 bridgehead atoms. The first-order chi connectivity index (χ1) is 9.40. The fourth-order valence-electron chi connectivity index (χ4n) is 2.30. The van der Waals surface area contributed by atoms with Crippen LogP contribution in [0, 0.1) is 5.92 Å². The number of Topliss-reactive ketones (excluding diaryl/α,β-unsaturated/α-hetero) is 1. The summed E-state index contributed by atoms with van der Waals surface area (Å²) in [5.41, 5.74) is 0.357. The van der Waals surface area contributed by atoms with Gasteiger partial charge in [0, 0.05) is 17.9 Å². The maximum absolute atomic E-state index is 12.1. The second-order valence-electron chi connectivity index (χ2n) is 5.05. The van der Waals surface area contributed by atoms with E-state index in [9.17, 15) is 20.1 Å². The smallest absolute Gasteiger partial charge is 0.163 e. The Morgan fingerprint density at radius 1 is 1.15 bits per heavy atom. The van der Waals surface area contributed by atoms with E-state index in [4.69, 9.17) is 9.84 Å². The average Bonchev–Trinajstić information content (AvgIpc) is 2.42. The van der Waals surface area contributed by atoms with Crippen LogP contribution in [-0.2, 0) is 4.74 Å². The van der Waals surface area contributed by atoms with E-state index in [-0.39, 0.29) is 18.0 Å². The van der Waals surface area contributed by atoms with Crippen molar-refractivity contribution >= 4 is 5.78 Å². The molecule has 2 rings (SSSR count). The van der Waals surface area contributed by atoms with Crippen LogP contribution in [0.5, 0.6) is 5.75 Å². The second-order valence-corrected chi connectivity index (χ2v) is 5.05. The van der Waals surface area contributed by atoms with Gasteiger partial charge < -0.3 is 25.2 Å². The number of ether oxygens (including phenoxy) is 1. The molecule has 0 saturated carbocycles. The average molecular weight is 282 g/mol. The summed E-state index contributed by atoms with van der Waals surface area (Å²) in [6.07, 6.45) is -4.52. The molecule has 1 aromatic rings. The normalized spacial score (nSPS) is 33.9. The lowest BCUT2D eigenvalue weighted by molar-refractivity contribution is -0.258. The van der Waals surface area contributed by atoms with Crippen LogP contribution in [0.1, 0.15) is 23.7 Å². The summed E-state index contributed by atoms with van der Waals surface area (Å²) in [7, 11) is 0. The van der Waals surface area contributed by atoms with Crippen LogP contribution >= 0.6 is 0 Å². The predicted octanol–water partition coefficient (Wildman–Crippen LogP) is 0.0401. The van der Waals surface area contributed by atoms with Crippen LogP contribution in [-0.4, -0.2) is 50.8 Å². The highest BCUT2D eigenvalue weighted by molar-refractivity contribution is 5.96. The van der Waals surface area contributed by atoms with Crippen LogP contribution in [0.25, 0.3) is 0 Å². The molecule has 0 aliphatic carbocycles. The molecule has 1 saturated heterocycles. The van der Waals surface area contributed by atoms with Crippen molar-refractivity contribution in [1.29, 1.82) is 0 Å². The SMILES string of the molecule is C[C@@H]1OC(O)[C@@H](CC(=O)c2ccc(O)cc2)[C@H](O)[C@@H]1O. The Morgan fingerprint density at radius 3 is 2.35 bits per heavy atom. The molecule has 110 valence electrons. The lowest BCUT2D eigenvalue weighted by Crippen LogP contribution is -2.53. The molecule has 0 amide bonds. The lowest BCUT2D eigenvalue weighted by Gasteiger charge is -2.39. The summed E-state index contributed by atoms with van der Waals surface area (Å²) in [4.78, 5) is 12.1. The first-order valence-corrected chi connectivity index (χ1v) is 6.42. The minimum absolute atomic E-state index is 0.0480. The zero-order valence-corrected chi connectivity index (χ0v) is 11.0. The number of phenolic OH excluding ortho intramolecular Hbond substituents is 1. The Morgan fingerprint density at radius 2 is 1.75 bits per heavy atom. The maximum atomic E-state index is 12.1. The molecular weight excluding hydrogens is 264 g/mol. The third kappa shape index (κ3) is 2.99. The Kier molecular flexibility index (Phi) is 4.39. The number of aliphatic hydroxyl groups excluding tert-OH is 3. The number of ketones is 1. The van der Waals surface area contributed by atoms with Gasteiger partial charge in [-0.25, -0.2) is 0 Å². The lowest BCUT2D eigenvalue weighted by atomic mass is 9.86. The third-order valence-corrected chi connectivity index (χ3v) is 3.60. The minimum Gasteiger partial charge on any atom is -0.508 e. The number of carbonyl (C=O) groups is 1. The number of carbonyl (C=O) groups excluding carboxylic acids is 1. The highest BCUT2D eigenvalue weighted by Crippen LogP contribution is 2.28. The van der Waals surface area contributed by atoms with E-state index in [2.05, 4.69) is 0 Å². The van der Waals surface area contributed by atoms with Crippen LogP contribution in [0.15, 0.2) is 24.3 Å². The molecular formula is C14H18O6. The predicted molar refractivity (Wildman–Crippen MR) is 69.1 cm³/mol. The van der Waals surface area contributed by atoms with Crippen molar-refractivity contribution in [3.05, 3.63) is 29.8 Å². The first kappa shape index (κ1) is 14.9. The van der Waals surface area contributed by atoms with Crippen molar-refractivity contribution in [3.8, 4) is 5.75 Å². The molecule has 6 heteroatoms. The van der Waals surface area contributed by atoms with Gasteiger partial charge in [-0.2, -0.15) is 0 Å². The molecule has 20 heavy (non-hydrogen) atoms. The van der Waals surface area contributed by atoms with Gasteiger partial charge in [0.25, 0.3) is 0 Å². The number of phenols is 1. The van der Waals surface area contributed by atoms with Crippen molar-refractivity contribution in [1.82, 2.24) is 0 Å². The van der Waals surface area contributed by atoms with E-state index < -0.39 is 30.5 Å². The summed E-state index contributed by atoms with van der Waals surface area (Å²) in [6.45, 7) is 1.54. The summed E-state index contributed by atoms with van der Waals surface area (Å²) < 4.78 is 5.09.